The van der Waals surface area contributed by atoms with Crippen molar-refractivity contribution in [2.75, 3.05) is 0 Å². The highest BCUT2D eigenvalue weighted by molar-refractivity contribution is 9.10. The molecule has 0 bridgehead atoms. The van der Waals surface area contributed by atoms with Crippen LogP contribution in [-0.4, -0.2) is 15.9 Å². The fourth-order valence-electron chi connectivity index (χ4n) is 1.73. The Balaban J connectivity index is 2.15. The molecule has 1 amide bonds. The molecule has 7 heteroatoms. The predicted octanol–water partition coefficient (Wildman–Crippen LogP) is 2.99. The first-order valence-electron chi connectivity index (χ1n) is 5.98. The van der Waals surface area contributed by atoms with E-state index in [0.29, 0.717) is 10.0 Å². The Hall–Kier alpha value is -2.41. The van der Waals surface area contributed by atoms with Crippen molar-refractivity contribution in [3.63, 3.8) is 0 Å². The smallest absolute Gasteiger partial charge is 0.270 e. The molecule has 2 aromatic carbocycles. The van der Waals surface area contributed by atoms with Gasteiger partial charge in [-0.1, -0.05) is 18.2 Å². The van der Waals surface area contributed by atoms with Crippen LogP contribution in [0.3, 0.4) is 0 Å². The normalized spacial score (nSPS) is 10.1. The number of nitro benzene ring substituents is 1. The maximum absolute atomic E-state index is 12.1. The number of rotatable bonds is 4. The molecule has 0 atom stereocenters. The van der Waals surface area contributed by atoms with Crippen molar-refractivity contribution >= 4 is 27.5 Å². The van der Waals surface area contributed by atoms with Crippen molar-refractivity contribution in [3.8, 4) is 5.75 Å². The lowest BCUT2D eigenvalue weighted by Gasteiger charge is -2.08. The Kier molecular flexibility index (Phi) is 4.54. The third-order valence-corrected chi connectivity index (χ3v) is 3.53. The second-order valence-electron chi connectivity index (χ2n) is 4.23. The first kappa shape index (κ1) is 15.0. The third kappa shape index (κ3) is 3.57. The minimum atomic E-state index is -0.563. The third-order valence-electron chi connectivity index (χ3n) is 2.84. The molecule has 6 nitrogen and oxygen atoms in total. The van der Waals surface area contributed by atoms with E-state index >= 15 is 0 Å². The summed E-state index contributed by atoms with van der Waals surface area (Å²) in [6.45, 7) is 0.126. The maximum atomic E-state index is 12.1. The van der Waals surface area contributed by atoms with Crippen LogP contribution in [0.4, 0.5) is 5.69 Å². The number of para-hydroxylation sites is 1. The van der Waals surface area contributed by atoms with Crippen LogP contribution >= 0.6 is 15.9 Å². The Morgan fingerprint density at radius 2 is 2.00 bits per heavy atom. The number of carbonyl (C=O) groups is 1. The summed E-state index contributed by atoms with van der Waals surface area (Å²) < 4.78 is 0.461. The summed E-state index contributed by atoms with van der Waals surface area (Å²) in [5, 5.41) is 23.0. The molecule has 0 fully saturated rings. The minimum Gasteiger partial charge on any atom is -0.508 e. The summed E-state index contributed by atoms with van der Waals surface area (Å²) in [5.41, 5.74) is 0.568. The monoisotopic (exact) mass is 350 g/mol. The number of carbonyl (C=O) groups excluding carboxylic acids is 1. The number of nitro groups is 1. The van der Waals surface area contributed by atoms with Gasteiger partial charge in [0.05, 0.1) is 10.5 Å². The fraction of sp³-hybridized carbons (Fsp3) is 0.0714. The van der Waals surface area contributed by atoms with E-state index in [-0.39, 0.29) is 23.5 Å². The number of nitrogens with one attached hydrogen (secondary N) is 1. The van der Waals surface area contributed by atoms with E-state index in [2.05, 4.69) is 21.2 Å². The largest absolute Gasteiger partial charge is 0.508 e. The number of phenolic OH excluding ortho intramolecular Hbond substituents is 1. The number of benzene rings is 2. The van der Waals surface area contributed by atoms with Gasteiger partial charge in [0.1, 0.15) is 5.75 Å². The lowest BCUT2D eigenvalue weighted by Crippen LogP contribution is -2.23. The molecule has 0 saturated carbocycles. The van der Waals surface area contributed by atoms with E-state index in [1.807, 2.05) is 0 Å². The SMILES string of the molecule is O=C(NCc1ccccc1O)c1cc([N+](=O)[O-])ccc1Br. The van der Waals surface area contributed by atoms with Gasteiger partial charge in [-0.3, -0.25) is 14.9 Å². The maximum Gasteiger partial charge on any atom is 0.270 e. The molecule has 2 rings (SSSR count). The van der Waals surface area contributed by atoms with Gasteiger partial charge in [0.15, 0.2) is 0 Å². The van der Waals surface area contributed by atoms with Gasteiger partial charge in [-0.15, -0.1) is 0 Å². The Morgan fingerprint density at radius 1 is 1.29 bits per heavy atom. The van der Waals surface area contributed by atoms with Gasteiger partial charge in [0.2, 0.25) is 0 Å². The molecule has 0 spiro atoms. The summed E-state index contributed by atoms with van der Waals surface area (Å²) in [7, 11) is 0. The van der Waals surface area contributed by atoms with Crippen molar-refractivity contribution in [1.29, 1.82) is 0 Å². The number of phenols is 1. The van der Waals surface area contributed by atoms with Gasteiger partial charge in [-0.05, 0) is 28.1 Å². The van der Waals surface area contributed by atoms with Crippen LogP contribution in [0.15, 0.2) is 46.9 Å². The van der Waals surface area contributed by atoms with Crippen LogP contribution in [0.25, 0.3) is 0 Å². The van der Waals surface area contributed by atoms with Crippen LogP contribution < -0.4 is 5.32 Å². The molecule has 2 aromatic rings. The molecular weight excluding hydrogens is 340 g/mol. The van der Waals surface area contributed by atoms with Crippen LogP contribution in [0, 0.1) is 10.1 Å². The molecular formula is C14H11BrN2O4. The predicted molar refractivity (Wildman–Crippen MR) is 80.1 cm³/mol. The molecule has 2 N–H and O–H groups in total. The van der Waals surface area contributed by atoms with Crippen molar-refractivity contribution in [3.05, 3.63) is 68.2 Å². The van der Waals surface area contributed by atoms with Crippen molar-refractivity contribution in [1.82, 2.24) is 5.32 Å². The Morgan fingerprint density at radius 3 is 2.67 bits per heavy atom. The average Bonchev–Trinajstić information content (AvgIpc) is 2.46. The Bertz CT molecular complexity index is 703. The highest BCUT2D eigenvalue weighted by Crippen LogP contribution is 2.23. The number of nitrogens with zero attached hydrogens (tertiary/aromatic N) is 1. The quantitative estimate of drug-likeness (QED) is 0.654. The van der Waals surface area contributed by atoms with Crippen molar-refractivity contribution in [2.45, 2.75) is 6.54 Å². The van der Waals surface area contributed by atoms with Crippen LogP contribution in [0.2, 0.25) is 0 Å². The second kappa shape index (κ2) is 6.36. The second-order valence-corrected chi connectivity index (χ2v) is 5.09. The molecule has 21 heavy (non-hydrogen) atoms. The molecule has 0 unspecified atom stereocenters. The molecule has 0 heterocycles. The van der Waals surface area contributed by atoms with E-state index in [0.717, 1.165) is 0 Å². The van der Waals surface area contributed by atoms with Gasteiger partial charge in [-0.2, -0.15) is 0 Å². The van der Waals surface area contributed by atoms with Gasteiger partial charge >= 0.3 is 0 Å². The summed E-state index contributed by atoms with van der Waals surface area (Å²) in [6, 6.07) is 10.6. The van der Waals surface area contributed by atoms with Crippen LogP contribution in [0.5, 0.6) is 5.75 Å². The first-order valence-corrected chi connectivity index (χ1v) is 6.77. The molecule has 0 aliphatic heterocycles. The summed E-state index contributed by atoms with van der Waals surface area (Å²) in [4.78, 5) is 22.3. The fourth-order valence-corrected chi connectivity index (χ4v) is 2.16. The van der Waals surface area contributed by atoms with E-state index in [9.17, 15) is 20.0 Å². The van der Waals surface area contributed by atoms with Crippen molar-refractivity contribution in [2.24, 2.45) is 0 Å². The lowest BCUT2D eigenvalue weighted by molar-refractivity contribution is -0.384. The number of hydrogen-bond donors (Lipinski definition) is 2. The highest BCUT2D eigenvalue weighted by atomic mass is 79.9. The Labute approximate surface area is 128 Å². The molecule has 0 aliphatic carbocycles. The van der Waals surface area contributed by atoms with Gasteiger partial charge in [-0.25, -0.2) is 0 Å². The number of aromatic hydroxyl groups is 1. The zero-order valence-corrected chi connectivity index (χ0v) is 12.3. The molecule has 0 aromatic heterocycles. The van der Waals surface area contributed by atoms with Crippen LogP contribution in [-0.2, 0) is 6.54 Å². The van der Waals surface area contributed by atoms with E-state index in [4.69, 9.17) is 0 Å². The average molecular weight is 351 g/mol. The lowest BCUT2D eigenvalue weighted by atomic mass is 10.1. The number of hydrogen-bond acceptors (Lipinski definition) is 4. The van der Waals surface area contributed by atoms with Crippen LogP contribution in [0.1, 0.15) is 15.9 Å². The summed E-state index contributed by atoms with van der Waals surface area (Å²) in [6.07, 6.45) is 0. The summed E-state index contributed by atoms with van der Waals surface area (Å²) in [5.74, 6) is -0.385. The van der Waals surface area contributed by atoms with Gasteiger partial charge in [0, 0.05) is 28.7 Å². The van der Waals surface area contributed by atoms with E-state index in [1.165, 1.54) is 24.3 Å². The number of halogens is 1. The molecule has 0 aliphatic rings. The molecule has 0 saturated heterocycles. The summed E-state index contributed by atoms with van der Waals surface area (Å²) >= 11 is 3.19. The van der Waals surface area contributed by atoms with Gasteiger partial charge in [0.25, 0.3) is 11.6 Å². The van der Waals surface area contributed by atoms with Crippen molar-refractivity contribution < 1.29 is 14.8 Å². The first-order chi connectivity index (χ1) is 9.99. The van der Waals surface area contributed by atoms with E-state index < -0.39 is 10.8 Å². The standard InChI is InChI=1S/C14H11BrN2O4/c15-12-6-5-10(17(20)21)7-11(12)14(19)16-8-9-3-1-2-4-13(9)18/h1-7,18H,8H2,(H,16,19). The molecule has 0 radical (unpaired) electrons. The molecule has 108 valence electrons. The zero-order valence-electron chi connectivity index (χ0n) is 10.7. The minimum absolute atomic E-state index is 0.0795. The van der Waals surface area contributed by atoms with Gasteiger partial charge < -0.3 is 10.4 Å². The topological polar surface area (TPSA) is 92.5 Å². The van der Waals surface area contributed by atoms with E-state index in [1.54, 1.807) is 18.2 Å². The highest BCUT2D eigenvalue weighted by Gasteiger charge is 2.15. The number of non-ortho nitro benzene ring substituents is 1. The number of amides is 1. The zero-order chi connectivity index (χ0) is 15.4.